The van der Waals surface area contributed by atoms with Crippen molar-refractivity contribution in [3.8, 4) is 0 Å². The monoisotopic (exact) mass is 924 g/mol. The van der Waals surface area contributed by atoms with Gasteiger partial charge in [-0.05, 0) is 142 Å². The quantitative estimate of drug-likeness (QED) is 0.0371. The zero-order valence-corrected chi connectivity index (χ0v) is 43.8. The van der Waals surface area contributed by atoms with Gasteiger partial charge in [-0.25, -0.2) is 0 Å². The number of carboxylic acid groups (broad SMARTS) is 1. The molecule has 0 aromatic rings. The number of hydrogen-bond donors (Lipinski definition) is 1. The molecule has 0 bridgehead atoms. The lowest BCUT2D eigenvalue weighted by atomic mass is 9.89. The molecule has 66 heavy (non-hydrogen) atoms. The minimum absolute atomic E-state index is 0.106. The average Bonchev–Trinajstić information content (AvgIpc) is 3.66. The lowest BCUT2D eigenvalue weighted by molar-refractivity contribution is -0.152. The number of piperidine rings is 1. The third kappa shape index (κ3) is 37.5. The molecular weight excluding hydrogens is 819 g/mol. The van der Waals surface area contributed by atoms with Crippen molar-refractivity contribution in [2.45, 2.75) is 258 Å². The first-order chi connectivity index (χ1) is 32.3. The van der Waals surface area contributed by atoms with E-state index in [0.29, 0.717) is 6.42 Å². The van der Waals surface area contributed by atoms with Gasteiger partial charge in [-0.3, -0.25) is 9.59 Å². The predicted octanol–water partition coefficient (Wildman–Crippen LogP) is 16.7. The highest BCUT2D eigenvalue weighted by Gasteiger charge is 2.39. The zero-order valence-electron chi connectivity index (χ0n) is 43.8. The predicted molar refractivity (Wildman–Crippen MR) is 282 cm³/mol. The van der Waals surface area contributed by atoms with E-state index in [1.165, 1.54) is 154 Å². The molecule has 2 aliphatic rings. The van der Waals surface area contributed by atoms with Crippen molar-refractivity contribution in [3.05, 3.63) is 60.8 Å². The number of aliphatic carboxylic acids is 1. The minimum atomic E-state index is -0.759. The Morgan fingerprint density at radius 3 is 1.67 bits per heavy atom. The summed E-state index contributed by atoms with van der Waals surface area (Å²) < 4.78 is 17.6. The molecule has 1 saturated heterocycles. The molecule has 1 heterocycles. The fourth-order valence-corrected chi connectivity index (χ4v) is 9.17. The molecule has 1 N–H and O–H groups in total. The Balaban J connectivity index is 0.000000737. The number of nitrogens with zero attached hydrogens (tertiary/aromatic N) is 1. The van der Waals surface area contributed by atoms with Crippen LogP contribution in [0.4, 0.5) is 0 Å². The van der Waals surface area contributed by atoms with Crippen molar-refractivity contribution >= 4 is 11.9 Å². The van der Waals surface area contributed by atoms with Crippen LogP contribution in [-0.4, -0.2) is 73.6 Å². The van der Waals surface area contributed by atoms with Crippen LogP contribution in [0, 0.1) is 11.8 Å². The topological polar surface area (TPSA) is 85.3 Å². The second kappa shape index (κ2) is 46.3. The largest absolute Gasteiger partial charge is 0.481 e. The van der Waals surface area contributed by atoms with Gasteiger partial charge in [-0.2, -0.15) is 0 Å². The molecule has 0 amide bonds. The van der Waals surface area contributed by atoms with Crippen LogP contribution in [0.1, 0.15) is 240 Å². The van der Waals surface area contributed by atoms with Crippen LogP contribution < -0.4 is 0 Å². The second-order valence-corrected chi connectivity index (χ2v) is 19.5. The number of rotatable bonds is 41. The maximum Gasteiger partial charge on any atom is 0.307 e. The molecule has 1 aliphatic carbocycles. The Morgan fingerprint density at radius 2 is 1.14 bits per heavy atom. The summed E-state index contributed by atoms with van der Waals surface area (Å²) in [4.78, 5) is 25.8. The lowest BCUT2D eigenvalue weighted by Crippen LogP contribution is -2.38. The van der Waals surface area contributed by atoms with Crippen molar-refractivity contribution in [3.63, 3.8) is 0 Å². The fraction of sp³-hybridized carbons (Fsp3) is 0.797. The molecule has 0 aromatic carbocycles. The molecule has 7 nitrogen and oxygen atoms in total. The van der Waals surface area contributed by atoms with E-state index < -0.39 is 5.97 Å². The summed E-state index contributed by atoms with van der Waals surface area (Å²) in [6, 6.07) is 0.288. The maximum atomic E-state index is 12.4. The van der Waals surface area contributed by atoms with E-state index in [1.807, 2.05) is 0 Å². The summed E-state index contributed by atoms with van der Waals surface area (Å²) in [7, 11) is 2.08. The third-order valence-electron chi connectivity index (χ3n) is 13.3. The minimum Gasteiger partial charge on any atom is -0.481 e. The number of allylic oxidation sites excluding steroid dienone is 10. The fourth-order valence-electron chi connectivity index (χ4n) is 9.17. The molecule has 5 atom stereocenters. The van der Waals surface area contributed by atoms with E-state index in [0.717, 1.165) is 71.3 Å². The van der Waals surface area contributed by atoms with Gasteiger partial charge in [-0.1, -0.05) is 165 Å². The van der Waals surface area contributed by atoms with Crippen LogP contribution in [0.2, 0.25) is 0 Å². The van der Waals surface area contributed by atoms with E-state index in [2.05, 4.69) is 100 Å². The van der Waals surface area contributed by atoms with Crippen LogP contribution >= 0.6 is 0 Å². The molecule has 0 radical (unpaired) electrons. The Morgan fingerprint density at radius 1 is 0.606 bits per heavy atom. The molecule has 1 aliphatic heterocycles. The van der Waals surface area contributed by atoms with Gasteiger partial charge in [0.25, 0.3) is 0 Å². The number of likely N-dealkylation sites (tertiary alicyclic amines) is 1. The molecule has 7 heteroatoms. The molecule has 5 unspecified atom stereocenters. The van der Waals surface area contributed by atoms with Gasteiger partial charge < -0.3 is 24.2 Å². The first kappa shape index (κ1) is 61.5. The Bertz CT molecular complexity index is 1260. The molecule has 1 saturated carbocycles. The molecular formula is C59H105NO6. The summed E-state index contributed by atoms with van der Waals surface area (Å²) >= 11 is 0. The van der Waals surface area contributed by atoms with Crippen molar-refractivity contribution < 1.29 is 28.9 Å². The summed E-state index contributed by atoms with van der Waals surface area (Å²) in [6.45, 7) is 12.3. The highest BCUT2D eigenvalue weighted by Crippen LogP contribution is 2.39. The Hall–Kier alpha value is -2.48. The highest BCUT2D eigenvalue weighted by atomic mass is 16.5. The highest BCUT2D eigenvalue weighted by molar-refractivity contribution is 5.70. The molecule has 0 aromatic heterocycles. The van der Waals surface area contributed by atoms with Crippen LogP contribution in [0.5, 0.6) is 0 Å². The van der Waals surface area contributed by atoms with Gasteiger partial charge in [-0.15, -0.1) is 0 Å². The zero-order chi connectivity index (χ0) is 48.0. The summed E-state index contributed by atoms with van der Waals surface area (Å²) in [5.74, 6) is -0.643. The summed E-state index contributed by atoms with van der Waals surface area (Å²) in [5.41, 5.74) is 0. The number of unbranched alkanes of at least 4 members (excludes halogenated alkanes) is 18. The van der Waals surface area contributed by atoms with E-state index in [4.69, 9.17) is 19.3 Å². The number of carboxylic acids is 1. The molecule has 382 valence electrons. The normalized spacial score (nSPS) is 19.8. The van der Waals surface area contributed by atoms with Crippen LogP contribution in [0.25, 0.3) is 0 Å². The number of esters is 1. The van der Waals surface area contributed by atoms with Crippen molar-refractivity contribution in [2.24, 2.45) is 11.8 Å². The van der Waals surface area contributed by atoms with Gasteiger partial charge in [0.2, 0.25) is 0 Å². The van der Waals surface area contributed by atoms with Gasteiger partial charge in [0.1, 0.15) is 6.10 Å². The standard InChI is InChI=1S/C39H72O2.C20H33NO4/c1-4-6-8-10-12-14-16-18-20-22-24-26-28-30-32-34-36-40-38-39(3)41-37-35-33-31-29-27-25-23-21-19-17-15-13-11-9-7-5-2;1-3-4-5-9-17-15(13-19(22)23)10-11-18(17)25-20(24)14-16-8-6-7-12-21(16)2/h12-15,18-21,39H,4-11,16-17,22-38H2,1-3H3;4-5,15-18H,3,6-14H2,1-2H3,(H,22,23)/b14-12-,15-13-,20-18-,21-19-;5-4-. The molecule has 2 rings (SSSR count). The van der Waals surface area contributed by atoms with Crippen LogP contribution in [0.15, 0.2) is 60.8 Å². The maximum absolute atomic E-state index is 12.4. The average molecular weight is 924 g/mol. The smallest absolute Gasteiger partial charge is 0.307 e. The van der Waals surface area contributed by atoms with Crippen LogP contribution in [-0.2, 0) is 23.8 Å². The van der Waals surface area contributed by atoms with Gasteiger partial charge in [0, 0.05) is 31.6 Å². The van der Waals surface area contributed by atoms with Crippen LogP contribution in [0.3, 0.4) is 0 Å². The van der Waals surface area contributed by atoms with Crippen molar-refractivity contribution in [2.75, 3.05) is 33.4 Å². The third-order valence-corrected chi connectivity index (χ3v) is 13.3. The van der Waals surface area contributed by atoms with Gasteiger partial charge in [0.15, 0.2) is 0 Å². The van der Waals surface area contributed by atoms with E-state index in [1.54, 1.807) is 0 Å². The first-order valence-corrected chi connectivity index (χ1v) is 27.9. The second-order valence-electron chi connectivity index (χ2n) is 19.5. The molecule has 2 fully saturated rings. The summed E-state index contributed by atoms with van der Waals surface area (Å²) in [5, 5.41) is 9.15. The Kier molecular flexibility index (Phi) is 43.1. The van der Waals surface area contributed by atoms with Gasteiger partial charge >= 0.3 is 11.9 Å². The van der Waals surface area contributed by atoms with E-state index in [9.17, 15) is 9.59 Å². The van der Waals surface area contributed by atoms with Crippen molar-refractivity contribution in [1.82, 2.24) is 4.90 Å². The Labute approximate surface area is 408 Å². The number of hydrogen-bond acceptors (Lipinski definition) is 6. The summed E-state index contributed by atoms with van der Waals surface area (Å²) in [6.07, 6.45) is 61.4. The lowest BCUT2D eigenvalue weighted by Gasteiger charge is -2.32. The number of carbonyl (C=O) groups excluding carboxylic acids is 1. The molecule has 0 spiro atoms. The van der Waals surface area contributed by atoms with Crippen molar-refractivity contribution in [1.29, 1.82) is 0 Å². The SMILES string of the molecule is CC/C=C\CC1C(CC(=O)O)CCC1OC(=O)CC1CCCCN1C.CCCCC/C=C\C/C=C\CCCCCCCCOCC(C)OCCCCCCCC/C=C\C/C=C\CCCCC. The van der Waals surface area contributed by atoms with E-state index >= 15 is 0 Å². The van der Waals surface area contributed by atoms with E-state index in [-0.39, 0.29) is 42.5 Å². The number of carbonyl (C=O) groups is 2. The van der Waals surface area contributed by atoms with Gasteiger partial charge in [0.05, 0.1) is 19.1 Å². The first-order valence-electron chi connectivity index (χ1n) is 27.9. The number of ether oxygens (including phenoxy) is 3.